The predicted octanol–water partition coefficient (Wildman–Crippen LogP) is 16.4. The number of unbranched alkanes of at least 4 members (excludes halogenated alkanes) is 1. The predicted molar refractivity (Wildman–Crippen MR) is 527 cm³/mol. The number of aromatic hydroxyl groups is 1. The number of carbonyl (C=O) groups excluding carboxylic acids is 4. The molecule has 31 heteroatoms. The molecule has 1 unspecified atom stereocenters. The van der Waals surface area contributed by atoms with E-state index in [1.54, 1.807) is 129 Å². The van der Waals surface area contributed by atoms with Crippen molar-refractivity contribution in [2.24, 2.45) is 0 Å². The standard InChI is InChI=1S/C29H27N5O2.C27H23N5O3.2C24H25N5O3/c35-27-20-23(15-17-30-27)26-14-13-25(28-31-18-19-34(26)28)33-24-11-9-22(10-12-24)29(36)32-16-5-4-8-21-6-2-1-3-7-21;33-22-7-1-18(2-8-22)11-13-30-27(35)19-3-5-21(6-4-19)31-23-9-10-24(32-16-15-29-26(23)32)20-12-14-28-25(34)17-20;1-3-18(15-32-2)28-24(31)16-4-6-19(7-5-16)27-20-8-9-21(29-13-12-26-23(20)29)17-10-11-25-22(30)14-17;1-3-28(14-15-32-2)24(31)17-4-6-19(7-5-17)27-20-8-9-21(29-13-12-26-23(20)29)18-10-11-25-22(30)16-18/h1-3,6-7,9-15,17-20,33H,4-5,8,16H2,(H,30,35)(H,32,36);1-10,12,14-17,31,33H,11,13H2,(H,28,34)(H,30,35);4-14,18,27H,3,15H2,1-2H3,(H,25,30)(H,28,31);4-13,16,27H,3,14-15H2,1-2H3,(H,25,30). The summed E-state index contributed by atoms with van der Waals surface area (Å²) >= 11 is 0. The van der Waals surface area contributed by atoms with Crippen molar-refractivity contribution in [3.8, 4) is 50.8 Å². The molecule has 6 aromatic carbocycles. The van der Waals surface area contributed by atoms with E-state index in [4.69, 9.17) is 9.47 Å². The van der Waals surface area contributed by atoms with Crippen molar-refractivity contribution in [3.05, 3.63) is 398 Å². The largest absolute Gasteiger partial charge is 0.508 e. The Bertz CT molecular complexity index is 7350. The van der Waals surface area contributed by atoms with Gasteiger partial charge < -0.3 is 76.6 Å². The molecule has 0 spiro atoms. The summed E-state index contributed by atoms with van der Waals surface area (Å²) in [6.07, 6.45) is 25.3. The molecule has 1 atom stereocenters. The molecule has 682 valence electrons. The van der Waals surface area contributed by atoms with Crippen LogP contribution in [0.2, 0.25) is 0 Å². The molecule has 4 amide bonds. The van der Waals surface area contributed by atoms with E-state index >= 15 is 0 Å². The number of methoxy groups -OCH3 is 2. The van der Waals surface area contributed by atoms with Crippen LogP contribution in [0.3, 0.4) is 0 Å². The van der Waals surface area contributed by atoms with E-state index < -0.39 is 0 Å². The first-order valence-electron chi connectivity index (χ1n) is 44.0. The van der Waals surface area contributed by atoms with Crippen molar-refractivity contribution in [2.75, 3.05) is 74.9 Å². The molecule has 0 fully saturated rings. The monoisotopic (exact) mass is 1800 g/mol. The maximum atomic E-state index is 12.7. The molecule has 0 aliphatic carbocycles. The molecule has 18 aromatic rings. The van der Waals surface area contributed by atoms with Gasteiger partial charge in [-0.15, -0.1) is 0 Å². The molecule has 0 saturated heterocycles. The third-order valence-corrected chi connectivity index (χ3v) is 22.3. The van der Waals surface area contributed by atoms with Crippen LogP contribution in [-0.4, -0.2) is 151 Å². The number of phenols is 1. The number of ether oxygens (including phenoxy) is 2. The van der Waals surface area contributed by atoms with Crippen molar-refractivity contribution in [1.29, 1.82) is 0 Å². The highest BCUT2D eigenvalue weighted by atomic mass is 16.5. The number of anilines is 8. The summed E-state index contributed by atoms with van der Waals surface area (Å²) in [4.78, 5) is 127. The average Bonchev–Trinajstić information content (AvgIpc) is 1.72. The van der Waals surface area contributed by atoms with E-state index in [1.807, 2.05) is 220 Å². The van der Waals surface area contributed by atoms with Crippen LogP contribution in [0, 0.1) is 0 Å². The van der Waals surface area contributed by atoms with Gasteiger partial charge in [0.15, 0.2) is 22.6 Å². The average molecular weight is 1810 g/mol. The number of aromatic nitrogens is 12. The highest BCUT2D eigenvalue weighted by Crippen LogP contribution is 2.33. The first kappa shape index (κ1) is 92.4. The fourth-order valence-corrected chi connectivity index (χ4v) is 15.2. The molecule has 31 nitrogen and oxygen atoms in total. The Kier molecular flexibility index (Phi) is 30.7. The van der Waals surface area contributed by atoms with E-state index in [1.165, 1.54) is 5.56 Å². The van der Waals surface area contributed by atoms with Crippen molar-refractivity contribution >= 4 is 91.7 Å². The van der Waals surface area contributed by atoms with E-state index in [9.17, 15) is 43.5 Å². The van der Waals surface area contributed by atoms with Gasteiger partial charge in [-0.3, -0.25) is 56.0 Å². The number of pyridine rings is 8. The zero-order valence-corrected chi connectivity index (χ0v) is 74.5. The lowest BCUT2D eigenvalue weighted by Crippen LogP contribution is -2.37. The molecule has 12 heterocycles. The first-order chi connectivity index (χ1) is 65.9. The Morgan fingerprint density at radius 3 is 1.10 bits per heavy atom. The number of carbonyl (C=O) groups is 4. The molecule has 0 aliphatic heterocycles. The Morgan fingerprint density at radius 2 is 0.748 bits per heavy atom. The second-order valence-corrected chi connectivity index (χ2v) is 31.4. The highest BCUT2D eigenvalue weighted by molar-refractivity contribution is 5.97. The van der Waals surface area contributed by atoms with E-state index in [0.717, 1.165) is 144 Å². The van der Waals surface area contributed by atoms with Gasteiger partial charge in [0, 0.05) is 206 Å². The molecule has 12 aromatic heterocycles. The lowest BCUT2D eigenvalue weighted by Gasteiger charge is -2.20. The minimum Gasteiger partial charge on any atom is -0.508 e. The third kappa shape index (κ3) is 23.8. The van der Waals surface area contributed by atoms with Crippen LogP contribution in [-0.2, 0) is 22.3 Å². The second-order valence-electron chi connectivity index (χ2n) is 31.4. The summed E-state index contributed by atoms with van der Waals surface area (Å²) in [5, 5.41) is 31.7. The van der Waals surface area contributed by atoms with Gasteiger partial charge in [0.05, 0.1) is 64.8 Å². The quantitative estimate of drug-likeness (QED) is 0.0174. The van der Waals surface area contributed by atoms with Gasteiger partial charge in [0.25, 0.3) is 23.6 Å². The number of H-pyrrole nitrogens is 4. The van der Waals surface area contributed by atoms with E-state index in [2.05, 4.69) is 101 Å². The minimum atomic E-state index is -0.164. The van der Waals surface area contributed by atoms with E-state index in [-0.39, 0.29) is 57.7 Å². The Morgan fingerprint density at radius 1 is 0.393 bits per heavy atom. The lowest BCUT2D eigenvalue weighted by atomic mass is 10.1. The van der Waals surface area contributed by atoms with Crippen LogP contribution < -0.4 is 59.5 Å². The maximum absolute atomic E-state index is 12.7. The van der Waals surface area contributed by atoms with Gasteiger partial charge in [-0.25, -0.2) is 19.9 Å². The number of hydrogen-bond acceptors (Lipinski definition) is 19. The molecule has 18 rings (SSSR count). The van der Waals surface area contributed by atoms with Crippen molar-refractivity contribution in [1.82, 2.24) is 78.3 Å². The van der Waals surface area contributed by atoms with Gasteiger partial charge in [0.2, 0.25) is 22.2 Å². The number of aromatic amines is 4. The zero-order chi connectivity index (χ0) is 93.9. The van der Waals surface area contributed by atoms with Crippen LogP contribution in [0.25, 0.3) is 67.6 Å². The number of rotatable bonds is 32. The highest BCUT2D eigenvalue weighted by Gasteiger charge is 2.20. The number of nitrogens with one attached hydrogen (secondary N) is 11. The zero-order valence-electron chi connectivity index (χ0n) is 74.5. The van der Waals surface area contributed by atoms with Crippen LogP contribution in [0.15, 0.2) is 342 Å². The number of nitrogens with zero attached hydrogens (tertiary/aromatic N) is 9. The maximum Gasteiger partial charge on any atom is 0.253 e. The third-order valence-electron chi connectivity index (χ3n) is 22.3. The summed E-state index contributed by atoms with van der Waals surface area (Å²) in [7, 11) is 3.25. The molecule has 135 heavy (non-hydrogen) atoms. The Balaban J connectivity index is 0.000000137. The molecule has 0 radical (unpaired) electrons. The van der Waals surface area contributed by atoms with Gasteiger partial charge in [0.1, 0.15) is 5.75 Å². The molecule has 0 saturated carbocycles. The molecular formula is C104H100N20O11. The first-order valence-corrected chi connectivity index (χ1v) is 44.0. The molecular weight excluding hydrogens is 1710 g/mol. The van der Waals surface area contributed by atoms with E-state index in [0.29, 0.717) is 68.1 Å². The summed E-state index contributed by atoms with van der Waals surface area (Å²) < 4.78 is 18.0. The van der Waals surface area contributed by atoms with Gasteiger partial charge in [-0.05, 0) is 232 Å². The van der Waals surface area contributed by atoms with Crippen LogP contribution in [0.5, 0.6) is 5.75 Å². The minimum absolute atomic E-state index is 0.0160. The van der Waals surface area contributed by atoms with Crippen molar-refractivity contribution in [2.45, 2.75) is 52.0 Å². The number of benzene rings is 6. The van der Waals surface area contributed by atoms with Gasteiger partial charge >= 0.3 is 0 Å². The number of amides is 4. The van der Waals surface area contributed by atoms with Crippen molar-refractivity contribution in [3.63, 3.8) is 0 Å². The summed E-state index contributed by atoms with van der Waals surface area (Å²) in [5.41, 5.74) is 20.3. The van der Waals surface area contributed by atoms with Crippen LogP contribution >= 0.6 is 0 Å². The number of aryl methyl sites for hydroxylation is 1. The lowest BCUT2D eigenvalue weighted by molar-refractivity contribution is 0.0705. The summed E-state index contributed by atoms with van der Waals surface area (Å²) in [6.45, 7) is 7.29. The number of likely N-dealkylation sites (N-methyl/N-ethyl adjacent to an activating group) is 1. The molecule has 12 N–H and O–H groups in total. The molecule has 0 aliphatic rings. The van der Waals surface area contributed by atoms with Gasteiger partial charge in [-0.2, -0.15) is 0 Å². The fraction of sp³-hybridized carbons (Fsp3) is 0.154. The van der Waals surface area contributed by atoms with Gasteiger partial charge in [-0.1, -0.05) is 49.4 Å². The number of phenolic OH excluding ortho intramolecular Hbond substituents is 1. The smallest absolute Gasteiger partial charge is 0.253 e. The Labute approximate surface area is 775 Å². The number of imidazole rings is 4. The SMILES string of the molecule is CCC(COC)NC(=O)c1ccc(Nc2ccc(-c3cc[nH]c(=O)c3)n3ccnc23)cc1.CCN(CCOC)C(=O)c1ccc(Nc2ccc(-c3cc[nH]c(=O)c3)n3ccnc23)cc1.O=C(NCCCCc1ccccc1)c1ccc(Nc2ccc(-c3cc[nH]c(=O)c3)n3ccnc23)cc1.O=C(NCCc1ccc(O)cc1)c1ccc(Nc2ccc(-c3cc[nH]c(=O)c3)n3ccnc23)cc1. The second kappa shape index (κ2) is 44.8. The number of fused-ring (bicyclic) bond motifs is 4. The summed E-state index contributed by atoms with van der Waals surface area (Å²) in [6, 6.07) is 75.7. The molecule has 0 bridgehead atoms. The summed E-state index contributed by atoms with van der Waals surface area (Å²) in [5.74, 6) is -0.136. The Hall–Kier alpha value is -17.3. The topological polar surface area (TPSA) is 395 Å². The normalized spacial score (nSPS) is 11.1. The fourth-order valence-electron chi connectivity index (χ4n) is 15.2. The van der Waals surface area contributed by atoms with Crippen LogP contribution in [0.1, 0.15) is 85.7 Å². The van der Waals surface area contributed by atoms with Crippen molar-refractivity contribution < 1.29 is 33.8 Å². The number of hydrogen-bond donors (Lipinski definition) is 12. The van der Waals surface area contributed by atoms with Crippen LogP contribution in [0.4, 0.5) is 45.5 Å².